The largest absolute Gasteiger partial charge is 0.383 e. The molecule has 112 valence electrons. The molecule has 0 bridgehead atoms. The monoisotopic (exact) mass is 306 g/mol. The fourth-order valence-corrected chi connectivity index (χ4v) is 2.70. The Hall–Kier alpha value is -1.99. The molecule has 0 aromatic carbocycles. The number of methoxy groups -OCH3 is 1. The maximum absolute atomic E-state index is 12.6. The molecule has 2 aromatic heterocycles. The molecule has 1 amide bonds. The summed E-state index contributed by atoms with van der Waals surface area (Å²) < 4.78 is 5.08. The lowest BCUT2D eigenvalue weighted by atomic mass is 10.3. The van der Waals surface area contributed by atoms with Crippen molar-refractivity contribution in [2.75, 3.05) is 26.0 Å². The molecule has 0 saturated heterocycles. The van der Waals surface area contributed by atoms with Gasteiger partial charge in [-0.05, 0) is 19.1 Å². The zero-order valence-electron chi connectivity index (χ0n) is 12.1. The lowest BCUT2D eigenvalue weighted by molar-refractivity contribution is 0.0682. The van der Waals surface area contributed by atoms with Crippen LogP contribution in [0.5, 0.6) is 0 Å². The van der Waals surface area contributed by atoms with Crippen molar-refractivity contribution in [1.29, 1.82) is 0 Å². The van der Waals surface area contributed by atoms with Gasteiger partial charge in [0, 0.05) is 19.9 Å². The smallest absolute Gasteiger partial charge is 0.266 e. The van der Waals surface area contributed by atoms with Gasteiger partial charge in [0.1, 0.15) is 4.88 Å². The van der Waals surface area contributed by atoms with Crippen molar-refractivity contribution in [1.82, 2.24) is 14.9 Å². The fourth-order valence-electron chi connectivity index (χ4n) is 1.90. The fraction of sp³-hybridized carbons (Fsp3) is 0.357. The Labute approximate surface area is 127 Å². The van der Waals surface area contributed by atoms with E-state index in [1.165, 1.54) is 11.3 Å². The Balaban J connectivity index is 2.19. The molecule has 2 aromatic rings. The molecule has 0 spiro atoms. The van der Waals surface area contributed by atoms with Gasteiger partial charge in [-0.25, -0.2) is 4.98 Å². The molecule has 7 heteroatoms. The molecule has 0 aliphatic rings. The van der Waals surface area contributed by atoms with Crippen molar-refractivity contribution in [3.05, 3.63) is 40.7 Å². The number of nitrogen functional groups attached to an aromatic ring is 1. The first-order chi connectivity index (χ1) is 10.1. The van der Waals surface area contributed by atoms with E-state index < -0.39 is 0 Å². The van der Waals surface area contributed by atoms with E-state index in [9.17, 15) is 4.79 Å². The lowest BCUT2D eigenvalue weighted by Crippen LogP contribution is -2.33. The molecule has 6 nitrogen and oxygen atoms in total. The molecule has 0 aliphatic carbocycles. The minimum atomic E-state index is -0.0931. The van der Waals surface area contributed by atoms with Gasteiger partial charge in [0.25, 0.3) is 5.91 Å². The van der Waals surface area contributed by atoms with E-state index in [0.29, 0.717) is 35.4 Å². The Morgan fingerprint density at radius 2 is 2.29 bits per heavy atom. The van der Waals surface area contributed by atoms with Crippen molar-refractivity contribution < 1.29 is 9.53 Å². The first kappa shape index (κ1) is 15.4. The highest BCUT2D eigenvalue weighted by atomic mass is 32.1. The Kier molecular flexibility index (Phi) is 5.24. The molecule has 2 rings (SSSR count). The quantitative estimate of drug-likeness (QED) is 0.878. The number of carbonyl (C=O) groups excluding carboxylic acids is 1. The van der Waals surface area contributed by atoms with Crippen LogP contribution in [0.15, 0.2) is 24.4 Å². The molecule has 0 fully saturated rings. The van der Waals surface area contributed by atoms with E-state index in [1.54, 1.807) is 25.1 Å². The van der Waals surface area contributed by atoms with Gasteiger partial charge in [-0.2, -0.15) is 0 Å². The predicted molar refractivity (Wildman–Crippen MR) is 82.1 cm³/mol. The van der Waals surface area contributed by atoms with Gasteiger partial charge in [-0.3, -0.25) is 9.78 Å². The third-order valence-electron chi connectivity index (χ3n) is 2.94. The van der Waals surface area contributed by atoms with Crippen LogP contribution in [0.4, 0.5) is 5.13 Å². The second-order valence-corrected chi connectivity index (χ2v) is 5.54. The lowest BCUT2D eigenvalue weighted by Gasteiger charge is -2.21. The number of thiazole rings is 1. The molecule has 2 heterocycles. The van der Waals surface area contributed by atoms with Crippen molar-refractivity contribution in [3.63, 3.8) is 0 Å². The number of hydrogen-bond donors (Lipinski definition) is 1. The zero-order valence-corrected chi connectivity index (χ0v) is 12.9. The second kappa shape index (κ2) is 7.14. The molecular formula is C14H18N4O2S. The van der Waals surface area contributed by atoms with Gasteiger partial charge >= 0.3 is 0 Å². The molecule has 0 aliphatic heterocycles. The van der Waals surface area contributed by atoms with Crippen LogP contribution in [0.25, 0.3) is 0 Å². The van der Waals surface area contributed by atoms with Gasteiger partial charge < -0.3 is 15.4 Å². The van der Waals surface area contributed by atoms with Crippen molar-refractivity contribution >= 4 is 22.4 Å². The summed E-state index contributed by atoms with van der Waals surface area (Å²) in [6.07, 6.45) is 1.71. The molecule has 2 N–H and O–H groups in total. The molecule has 0 radical (unpaired) electrons. The summed E-state index contributed by atoms with van der Waals surface area (Å²) in [5.41, 5.74) is 7.16. The SMILES string of the molecule is COCCN(Cc1ccccn1)C(=O)c1sc(N)nc1C. The summed E-state index contributed by atoms with van der Waals surface area (Å²) in [7, 11) is 1.61. The van der Waals surface area contributed by atoms with Crippen LogP contribution < -0.4 is 5.73 Å². The number of hydrogen-bond acceptors (Lipinski definition) is 6. The first-order valence-electron chi connectivity index (χ1n) is 6.53. The van der Waals surface area contributed by atoms with Gasteiger partial charge in [-0.1, -0.05) is 17.4 Å². The topological polar surface area (TPSA) is 81.3 Å². The molecule has 0 unspecified atom stereocenters. The standard InChI is InChI=1S/C14H18N4O2S/c1-10-12(21-14(15)17-10)13(19)18(7-8-20-2)9-11-5-3-4-6-16-11/h3-6H,7-9H2,1-2H3,(H2,15,17). The number of aryl methyl sites for hydroxylation is 1. The summed E-state index contributed by atoms with van der Waals surface area (Å²) >= 11 is 1.21. The van der Waals surface area contributed by atoms with E-state index in [2.05, 4.69) is 9.97 Å². The summed E-state index contributed by atoms with van der Waals surface area (Å²) in [4.78, 5) is 23.3. The predicted octanol–water partition coefficient (Wildman–Crippen LogP) is 1.72. The van der Waals surface area contributed by atoms with E-state index in [0.717, 1.165) is 5.69 Å². The molecule has 0 saturated carbocycles. The maximum atomic E-state index is 12.6. The van der Waals surface area contributed by atoms with E-state index in [-0.39, 0.29) is 5.91 Å². The van der Waals surface area contributed by atoms with Crippen LogP contribution in [0.3, 0.4) is 0 Å². The average Bonchev–Trinajstić information content (AvgIpc) is 2.82. The van der Waals surface area contributed by atoms with Crippen LogP contribution in [0, 0.1) is 6.92 Å². The third kappa shape index (κ3) is 3.99. The van der Waals surface area contributed by atoms with Gasteiger partial charge in [-0.15, -0.1) is 0 Å². The normalized spacial score (nSPS) is 10.6. The number of carbonyl (C=O) groups is 1. The highest BCUT2D eigenvalue weighted by Gasteiger charge is 2.21. The van der Waals surface area contributed by atoms with Gasteiger partial charge in [0.2, 0.25) is 0 Å². The Bertz CT molecular complexity index is 600. The molecular weight excluding hydrogens is 288 g/mol. The van der Waals surface area contributed by atoms with Gasteiger partial charge in [0.05, 0.1) is 24.5 Å². The number of anilines is 1. The van der Waals surface area contributed by atoms with E-state index in [1.807, 2.05) is 18.2 Å². The summed E-state index contributed by atoms with van der Waals surface area (Å²) in [5.74, 6) is -0.0931. The van der Waals surface area contributed by atoms with E-state index in [4.69, 9.17) is 10.5 Å². The number of nitrogens with two attached hydrogens (primary N) is 1. The van der Waals surface area contributed by atoms with Crippen molar-refractivity contribution in [2.45, 2.75) is 13.5 Å². The van der Waals surface area contributed by atoms with Crippen LogP contribution in [-0.2, 0) is 11.3 Å². The second-order valence-electron chi connectivity index (χ2n) is 4.51. The number of aromatic nitrogens is 2. The number of rotatable bonds is 6. The number of pyridine rings is 1. The van der Waals surface area contributed by atoms with E-state index >= 15 is 0 Å². The van der Waals surface area contributed by atoms with Crippen molar-refractivity contribution in [2.24, 2.45) is 0 Å². The Morgan fingerprint density at radius 3 is 2.86 bits per heavy atom. The molecule has 0 atom stereocenters. The van der Waals surface area contributed by atoms with Crippen LogP contribution >= 0.6 is 11.3 Å². The Morgan fingerprint density at radius 1 is 1.48 bits per heavy atom. The number of amides is 1. The number of nitrogens with zero attached hydrogens (tertiary/aromatic N) is 3. The minimum absolute atomic E-state index is 0.0931. The zero-order chi connectivity index (χ0) is 15.2. The average molecular weight is 306 g/mol. The summed E-state index contributed by atoms with van der Waals surface area (Å²) in [6, 6.07) is 5.64. The highest BCUT2D eigenvalue weighted by molar-refractivity contribution is 7.17. The summed E-state index contributed by atoms with van der Waals surface area (Å²) in [6.45, 7) is 3.17. The third-order valence-corrected chi connectivity index (χ3v) is 3.91. The van der Waals surface area contributed by atoms with Crippen LogP contribution in [-0.4, -0.2) is 41.0 Å². The maximum Gasteiger partial charge on any atom is 0.266 e. The van der Waals surface area contributed by atoms with Crippen LogP contribution in [0.1, 0.15) is 21.1 Å². The van der Waals surface area contributed by atoms with Gasteiger partial charge in [0.15, 0.2) is 5.13 Å². The minimum Gasteiger partial charge on any atom is -0.383 e. The molecule has 21 heavy (non-hydrogen) atoms. The van der Waals surface area contributed by atoms with Crippen LogP contribution in [0.2, 0.25) is 0 Å². The summed E-state index contributed by atoms with van der Waals surface area (Å²) in [5, 5.41) is 0.403. The number of ether oxygens (including phenoxy) is 1. The first-order valence-corrected chi connectivity index (χ1v) is 7.34. The highest BCUT2D eigenvalue weighted by Crippen LogP contribution is 2.22. The van der Waals surface area contributed by atoms with Crippen molar-refractivity contribution in [3.8, 4) is 0 Å².